The first-order valence-corrected chi connectivity index (χ1v) is 8.19. The monoisotopic (exact) mass is 366 g/mol. The molecule has 3 aromatic heterocycles. The van der Waals surface area contributed by atoms with Gasteiger partial charge >= 0.3 is 0 Å². The van der Waals surface area contributed by atoms with E-state index in [1.807, 2.05) is 6.92 Å². The molecule has 1 amide bonds. The van der Waals surface area contributed by atoms with Gasteiger partial charge in [-0.15, -0.1) is 0 Å². The van der Waals surface area contributed by atoms with Crippen molar-refractivity contribution in [3.05, 3.63) is 41.3 Å². The van der Waals surface area contributed by atoms with Crippen LogP contribution < -0.4 is 11.5 Å². The summed E-state index contributed by atoms with van der Waals surface area (Å²) in [6.07, 6.45) is 2.93. The molecule has 0 aliphatic heterocycles. The van der Waals surface area contributed by atoms with E-state index >= 15 is 0 Å². The second-order valence-corrected chi connectivity index (χ2v) is 6.34. The van der Waals surface area contributed by atoms with Crippen molar-refractivity contribution in [2.75, 3.05) is 5.73 Å². The molecule has 9 nitrogen and oxygen atoms in total. The quantitative estimate of drug-likeness (QED) is 0.507. The molecule has 3 heterocycles. The van der Waals surface area contributed by atoms with E-state index in [0.29, 0.717) is 33.9 Å². The van der Waals surface area contributed by atoms with Crippen LogP contribution >= 0.6 is 0 Å². The highest BCUT2D eigenvalue weighted by molar-refractivity contribution is 6.14. The number of oxazole rings is 1. The van der Waals surface area contributed by atoms with Crippen LogP contribution in [0.4, 0.5) is 5.82 Å². The highest BCUT2D eigenvalue weighted by atomic mass is 16.3. The Bertz CT molecular complexity index is 1200. The Labute approximate surface area is 153 Å². The molecule has 4 aromatic rings. The number of phenolic OH excluding ortho intramolecular Hbond substituents is 1. The number of amides is 1. The minimum atomic E-state index is -0.687. The van der Waals surface area contributed by atoms with Crippen molar-refractivity contribution >= 4 is 22.8 Å². The number of hydrogen-bond acceptors (Lipinski definition) is 6. The minimum Gasteiger partial charge on any atom is -0.508 e. The molecule has 5 N–H and O–H groups in total. The van der Waals surface area contributed by atoms with Crippen LogP contribution in [0.5, 0.6) is 5.75 Å². The lowest BCUT2D eigenvalue weighted by atomic mass is 10.1. The predicted molar refractivity (Wildman–Crippen MR) is 99.6 cm³/mol. The van der Waals surface area contributed by atoms with Gasteiger partial charge < -0.3 is 21.0 Å². The number of benzene rings is 1. The fourth-order valence-corrected chi connectivity index (χ4v) is 3.48. The molecule has 0 fully saturated rings. The van der Waals surface area contributed by atoms with Crippen molar-refractivity contribution in [3.63, 3.8) is 0 Å². The van der Waals surface area contributed by atoms with Gasteiger partial charge in [0.15, 0.2) is 5.65 Å². The molecule has 0 saturated heterocycles. The van der Waals surface area contributed by atoms with Gasteiger partial charge in [-0.1, -0.05) is 6.07 Å². The Kier molecular flexibility index (Phi) is 3.48. The first kappa shape index (κ1) is 16.7. The van der Waals surface area contributed by atoms with E-state index < -0.39 is 5.91 Å². The van der Waals surface area contributed by atoms with Crippen LogP contribution in [0, 0.1) is 13.8 Å². The van der Waals surface area contributed by atoms with Crippen molar-refractivity contribution < 1.29 is 14.3 Å². The maximum Gasteiger partial charge on any atom is 0.253 e. The lowest BCUT2D eigenvalue weighted by Gasteiger charge is -2.15. The number of primary amides is 1. The van der Waals surface area contributed by atoms with Gasteiger partial charge in [0.05, 0.1) is 22.8 Å². The van der Waals surface area contributed by atoms with Crippen LogP contribution in [0.3, 0.4) is 0 Å². The Balaban J connectivity index is 2.20. The summed E-state index contributed by atoms with van der Waals surface area (Å²) in [6, 6.07) is 3.38. The average Bonchev–Trinajstić information content (AvgIpc) is 3.28. The lowest BCUT2D eigenvalue weighted by molar-refractivity contribution is 0.100. The number of aromatic nitrogens is 4. The Hall–Kier alpha value is -3.75. The molecule has 0 atom stereocenters. The molecule has 0 saturated carbocycles. The fraction of sp³-hybridized carbons (Fsp3) is 0.167. The first-order chi connectivity index (χ1) is 12.8. The third kappa shape index (κ3) is 2.21. The summed E-state index contributed by atoms with van der Waals surface area (Å²) in [4.78, 5) is 16.4. The number of nitrogens with zero attached hydrogens (tertiary/aromatic N) is 4. The second-order valence-electron chi connectivity index (χ2n) is 6.34. The number of aromatic hydroxyl groups is 1. The molecule has 9 heteroatoms. The number of hydrogen-bond donors (Lipinski definition) is 3. The standard InChI is InChI=1S/C18H18N6O3/c1-8-4-5-10(25)9(2)13(8)24-15(19)12(16(20)26)11-14(18-21-6-7-27-18)23(3)22-17(11)24/h4-7,25H,19H2,1-3H3,(H2,20,26). The number of nitrogen functional groups attached to an aromatic ring is 1. The third-order valence-electron chi connectivity index (χ3n) is 4.70. The molecular weight excluding hydrogens is 348 g/mol. The number of carbonyl (C=O) groups is 1. The normalized spacial score (nSPS) is 11.4. The summed E-state index contributed by atoms with van der Waals surface area (Å²) in [5.74, 6) is -0.136. The smallest absolute Gasteiger partial charge is 0.253 e. The molecule has 0 aliphatic carbocycles. The number of carbonyl (C=O) groups excluding carboxylic acids is 1. The van der Waals surface area contributed by atoms with Gasteiger partial charge in [-0.2, -0.15) is 5.10 Å². The first-order valence-electron chi connectivity index (χ1n) is 8.19. The van der Waals surface area contributed by atoms with Crippen molar-refractivity contribution in [3.8, 4) is 23.0 Å². The van der Waals surface area contributed by atoms with Crippen LogP contribution in [0.1, 0.15) is 21.5 Å². The van der Waals surface area contributed by atoms with Crippen LogP contribution in [-0.4, -0.2) is 30.3 Å². The van der Waals surface area contributed by atoms with Crippen molar-refractivity contribution in [1.29, 1.82) is 0 Å². The summed E-state index contributed by atoms with van der Waals surface area (Å²) >= 11 is 0. The van der Waals surface area contributed by atoms with E-state index in [1.165, 1.54) is 12.5 Å². The summed E-state index contributed by atoms with van der Waals surface area (Å²) in [5.41, 5.74) is 15.1. The molecule has 4 rings (SSSR count). The molecule has 0 radical (unpaired) electrons. The molecule has 138 valence electrons. The summed E-state index contributed by atoms with van der Waals surface area (Å²) < 4.78 is 8.60. The van der Waals surface area contributed by atoms with Crippen LogP contribution in [0.25, 0.3) is 28.3 Å². The molecule has 27 heavy (non-hydrogen) atoms. The zero-order valence-corrected chi connectivity index (χ0v) is 15.0. The van der Waals surface area contributed by atoms with Gasteiger partial charge in [-0.3, -0.25) is 14.0 Å². The Morgan fingerprint density at radius 1 is 1.30 bits per heavy atom. The van der Waals surface area contributed by atoms with Crippen molar-refractivity contribution in [2.45, 2.75) is 13.8 Å². The zero-order valence-electron chi connectivity index (χ0n) is 15.0. The van der Waals surface area contributed by atoms with Gasteiger partial charge in [-0.05, 0) is 25.5 Å². The molecule has 0 bridgehead atoms. The molecule has 1 aromatic carbocycles. The highest BCUT2D eigenvalue weighted by Crippen LogP contribution is 2.39. The second kappa shape index (κ2) is 5.63. The average molecular weight is 366 g/mol. The summed E-state index contributed by atoms with van der Waals surface area (Å²) in [6.45, 7) is 3.65. The number of phenols is 1. The largest absolute Gasteiger partial charge is 0.508 e. The minimum absolute atomic E-state index is 0.112. The van der Waals surface area contributed by atoms with Crippen molar-refractivity contribution in [1.82, 2.24) is 19.3 Å². The van der Waals surface area contributed by atoms with Crippen LogP contribution in [0.2, 0.25) is 0 Å². The maximum atomic E-state index is 12.2. The number of aryl methyl sites for hydroxylation is 2. The van der Waals surface area contributed by atoms with Crippen molar-refractivity contribution in [2.24, 2.45) is 12.8 Å². The maximum absolute atomic E-state index is 12.2. The summed E-state index contributed by atoms with van der Waals surface area (Å²) in [7, 11) is 1.72. The molecule has 0 aliphatic rings. The Morgan fingerprint density at radius 3 is 2.67 bits per heavy atom. The van der Waals surface area contributed by atoms with Gasteiger partial charge in [0.1, 0.15) is 23.5 Å². The van der Waals surface area contributed by atoms with Crippen LogP contribution in [-0.2, 0) is 7.05 Å². The van der Waals surface area contributed by atoms with Gasteiger partial charge in [0, 0.05) is 12.6 Å². The fourth-order valence-electron chi connectivity index (χ4n) is 3.48. The van der Waals surface area contributed by atoms with E-state index in [0.717, 1.165) is 5.56 Å². The van der Waals surface area contributed by atoms with E-state index in [2.05, 4.69) is 10.1 Å². The topological polar surface area (TPSA) is 138 Å². The van der Waals surface area contributed by atoms with E-state index in [4.69, 9.17) is 15.9 Å². The van der Waals surface area contributed by atoms with E-state index in [9.17, 15) is 9.90 Å². The predicted octanol–water partition coefficient (Wildman–Crippen LogP) is 2.02. The number of rotatable bonds is 3. The lowest BCUT2D eigenvalue weighted by Crippen LogP contribution is -2.15. The number of nitrogens with two attached hydrogens (primary N) is 2. The molecular formula is C18H18N6O3. The summed E-state index contributed by atoms with van der Waals surface area (Å²) in [5, 5.41) is 15.2. The van der Waals surface area contributed by atoms with E-state index in [1.54, 1.807) is 35.4 Å². The highest BCUT2D eigenvalue weighted by Gasteiger charge is 2.30. The molecule has 0 unspecified atom stereocenters. The van der Waals surface area contributed by atoms with Gasteiger partial charge in [0.2, 0.25) is 5.89 Å². The van der Waals surface area contributed by atoms with Gasteiger partial charge in [-0.25, -0.2) is 4.98 Å². The van der Waals surface area contributed by atoms with Gasteiger partial charge in [0.25, 0.3) is 5.91 Å². The third-order valence-corrected chi connectivity index (χ3v) is 4.70. The van der Waals surface area contributed by atoms with E-state index in [-0.39, 0.29) is 17.1 Å². The zero-order chi connectivity index (χ0) is 19.5. The molecule has 0 spiro atoms. The number of anilines is 1. The van der Waals surface area contributed by atoms with Crippen LogP contribution in [0.15, 0.2) is 29.0 Å². The number of fused-ring (bicyclic) bond motifs is 1. The Morgan fingerprint density at radius 2 is 2.04 bits per heavy atom. The SMILES string of the molecule is Cc1ccc(O)c(C)c1-n1c(N)c(C(N)=O)c2c(-c3ncco3)n(C)nc21.